The summed E-state index contributed by atoms with van der Waals surface area (Å²) in [6.45, 7) is 0. The van der Waals surface area contributed by atoms with Crippen LogP contribution in [0.4, 0.5) is 11.4 Å². The Kier molecular flexibility index (Phi) is 4.03. The van der Waals surface area contributed by atoms with Gasteiger partial charge in [-0.05, 0) is 58.5 Å². The SMILES string of the molecule is C1=CC2=C3C(C1)OPOc1cccc4c1C3(C=C2)C(N1c2ccccc2C=Cc2ccccc21)=C4. The molecule has 3 unspecified atom stereocenters. The van der Waals surface area contributed by atoms with Gasteiger partial charge < -0.3 is 13.9 Å². The van der Waals surface area contributed by atoms with Crippen LogP contribution in [0.1, 0.15) is 28.7 Å². The van der Waals surface area contributed by atoms with E-state index in [1.807, 2.05) is 0 Å². The van der Waals surface area contributed by atoms with E-state index in [-0.39, 0.29) is 15.1 Å². The maximum Gasteiger partial charge on any atom is 0.215 e. The first-order chi connectivity index (χ1) is 17.3. The van der Waals surface area contributed by atoms with Gasteiger partial charge in [-0.15, -0.1) is 0 Å². The van der Waals surface area contributed by atoms with E-state index in [0.29, 0.717) is 0 Å². The highest BCUT2D eigenvalue weighted by Crippen LogP contribution is 2.62. The van der Waals surface area contributed by atoms with Crippen molar-refractivity contribution in [2.45, 2.75) is 17.9 Å². The summed E-state index contributed by atoms with van der Waals surface area (Å²) < 4.78 is 12.6. The topological polar surface area (TPSA) is 21.7 Å². The van der Waals surface area contributed by atoms with Crippen molar-refractivity contribution < 1.29 is 9.05 Å². The summed E-state index contributed by atoms with van der Waals surface area (Å²) in [5.74, 6) is 0.910. The fourth-order valence-electron chi connectivity index (χ4n) is 6.36. The standard InChI is InChI=1S/C31H22NO2P/c1-3-11-24-20(7-1)15-16-21-8-2-4-12-25(21)32(24)28-19-23-10-6-14-27-30(23)31(28)18-17-22-9-5-13-26(29(22)31)33-35-34-27/h1-12,14-19,26,35H,13H2. The average Bonchev–Trinajstić information content (AvgIpc) is 3.38. The minimum absolute atomic E-state index is 0.0124. The molecule has 35 heavy (non-hydrogen) atoms. The fourth-order valence-corrected chi connectivity index (χ4v) is 7.00. The van der Waals surface area contributed by atoms with Crippen molar-refractivity contribution in [3.63, 3.8) is 0 Å². The molecule has 0 fully saturated rings. The van der Waals surface area contributed by atoms with Gasteiger partial charge in [0, 0.05) is 11.3 Å². The third-order valence-corrected chi connectivity index (χ3v) is 8.43. The largest absolute Gasteiger partial charge is 0.449 e. The number of para-hydroxylation sites is 2. The van der Waals surface area contributed by atoms with Crippen molar-refractivity contribution in [2.24, 2.45) is 0 Å². The molecule has 8 rings (SSSR count). The zero-order valence-electron chi connectivity index (χ0n) is 18.9. The van der Waals surface area contributed by atoms with Crippen LogP contribution in [0.25, 0.3) is 18.2 Å². The van der Waals surface area contributed by atoms with E-state index >= 15 is 0 Å². The monoisotopic (exact) mass is 471 g/mol. The number of benzene rings is 3. The second kappa shape index (κ2) is 7.18. The van der Waals surface area contributed by atoms with Gasteiger partial charge in [-0.25, -0.2) is 0 Å². The summed E-state index contributed by atoms with van der Waals surface area (Å²) >= 11 is 0. The lowest BCUT2D eigenvalue weighted by Gasteiger charge is -2.43. The zero-order valence-corrected chi connectivity index (χ0v) is 19.9. The Morgan fingerprint density at radius 2 is 1.54 bits per heavy atom. The van der Waals surface area contributed by atoms with E-state index in [1.54, 1.807) is 0 Å². The second-order valence-corrected chi connectivity index (χ2v) is 10.1. The van der Waals surface area contributed by atoms with Crippen LogP contribution in [0.3, 0.4) is 0 Å². The predicted octanol–water partition coefficient (Wildman–Crippen LogP) is 7.71. The Morgan fingerprint density at radius 3 is 2.34 bits per heavy atom. The van der Waals surface area contributed by atoms with E-state index < -0.39 is 5.41 Å². The van der Waals surface area contributed by atoms with Crippen molar-refractivity contribution >= 4 is 38.6 Å². The molecule has 0 amide bonds. The van der Waals surface area contributed by atoms with Gasteiger partial charge in [0.1, 0.15) is 5.75 Å². The van der Waals surface area contributed by atoms with Crippen LogP contribution in [0.5, 0.6) is 5.75 Å². The Morgan fingerprint density at radius 1 is 0.800 bits per heavy atom. The maximum absolute atomic E-state index is 6.37. The Hall–Kier alpha value is -3.65. The van der Waals surface area contributed by atoms with Gasteiger partial charge in [-0.2, -0.15) is 0 Å². The zero-order chi connectivity index (χ0) is 23.0. The molecule has 168 valence electrons. The predicted molar refractivity (Wildman–Crippen MR) is 144 cm³/mol. The van der Waals surface area contributed by atoms with Gasteiger partial charge in [0.15, 0.2) is 0 Å². The van der Waals surface area contributed by atoms with Crippen LogP contribution in [0.15, 0.2) is 108 Å². The van der Waals surface area contributed by atoms with Crippen molar-refractivity contribution in [3.05, 3.63) is 130 Å². The number of hydrogen-bond acceptors (Lipinski definition) is 3. The summed E-state index contributed by atoms with van der Waals surface area (Å²) in [6, 6.07) is 23.7. The van der Waals surface area contributed by atoms with Crippen LogP contribution < -0.4 is 9.42 Å². The van der Waals surface area contributed by atoms with Gasteiger partial charge in [0.05, 0.1) is 22.9 Å². The van der Waals surface area contributed by atoms with Crippen LogP contribution in [0.2, 0.25) is 0 Å². The first-order valence-electron chi connectivity index (χ1n) is 12.0. The molecule has 0 bridgehead atoms. The molecular formula is C31H22NO2P. The van der Waals surface area contributed by atoms with Gasteiger partial charge in [0.2, 0.25) is 9.03 Å². The Balaban J connectivity index is 1.47. The first-order valence-corrected chi connectivity index (χ1v) is 12.9. The smallest absolute Gasteiger partial charge is 0.215 e. The average molecular weight is 471 g/mol. The highest BCUT2D eigenvalue weighted by molar-refractivity contribution is 7.26. The first kappa shape index (κ1) is 19.6. The van der Waals surface area contributed by atoms with Gasteiger partial charge in [0.25, 0.3) is 0 Å². The van der Waals surface area contributed by atoms with Crippen molar-refractivity contribution in [1.82, 2.24) is 0 Å². The molecule has 4 heteroatoms. The minimum Gasteiger partial charge on any atom is -0.449 e. The molecule has 0 N–H and O–H groups in total. The number of anilines is 2. The third-order valence-electron chi connectivity index (χ3n) is 7.75. The number of rotatable bonds is 1. The summed E-state index contributed by atoms with van der Waals surface area (Å²) in [6.07, 6.45) is 16.8. The molecule has 0 radical (unpaired) electrons. The Labute approximate surface area is 206 Å². The molecule has 3 aromatic rings. The molecule has 2 aliphatic heterocycles. The fraction of sp³-hybridized carbons (Fsp3) is 0.0968. The number of hydrogen-bond donors (Lipinski definition) is 0. The van der Waals surface area contributed by atoms with Gasteiger partial charge in [-0.3, -0.25) is 0 Å². The Bertz CT molecular complexity index is 1530. The molecular weight excluding hydrogens is 449 g/mol. The molecule has 1 spiro atoms. The van der Waals surface area contributed by atoms with E-state index in [9.17, 15) is 0 Å². The van der Waals surface area contributed by atoms with E-state index in [4.69, 9.17) is 9.05 Å². The third kappa shape index (κ3) is 2.57. The summed E-state index contributed by atoms with van der Waals surface area (Å²) in [7, 11) is -0.0192. The van der Waals surface area contributed by atoms with Crippen molar-refractivity contribution in [2.75, 3.05) is 4.90 Å². The van der Waals surface area contributed by atoms with Crippen LogP contribution in [-0.4, -0.2) is 6.10 Å². The highest BCUT2D eigenvalue weighted by Gasteiger charge is 2.54. The minimum atomic E-state index is -0.452. The molecule has 5 aliphatic rings. The lowest BCUT2D eigenvalue weighted by Crippen LogP contribution is -2.39. The summed E-state index contributed by atoms with van der Waals surface area (Å²) in [5.41, 5.74) is 10.6. The molecule has 3 aromatic carbocycles. The van der Waals surface area contributed by atoms with Crippen LogP contribution >= 0.6 is 9.03 Å². The molecule has 3 aliphatic carbocycles. The maximum atomic E-state index is 6.37. The quantitative estimate of drug-likeness (QED) is 0.339. The molecule has 3 atom stereocenters. The van der Waals surface area contributed by atoms with Crippen molar-refractivity contribution in [1.29, 1.82) is 0 Å². The van der Waals surface area contributed by atoms with E-state index in [0.717, 1.165) is 12.2 Å². The molecule has 3 nitrogen and oxygen atoms in total. The van der Waals surface area contributed by atoms with Gasteiger partial charge >= 0.3 is 0 Å². The van der Waals surface area contributed by atoms with E-state index in [1.165, 1.54) is 50.5 Å². The molecule has 2 heterocycles. The second-order valence-electron chi connectivity index (χ2n) is 9.48. The van der Waals surface area contributed by atoms with Crippen molar-refractivity contribution in [3.8, 4) is 5.75 Å². The van der Waals surface area contributed by atoms with Crippen LogP contribution in [0, 0.1) is 0 Å². The normalized spacial score (nSPS) is 25.2. The summed E-state index contributed by atoms with van der Waals surface area (Å²) in [4.78, 5) is 2.47. The number of nitrogens with zero attached hydrogens (tertiary/aromatic N) is 1. The lowest BCUT2D eigenvalue weighted by atomic mass is 9.70. The van der Waals surface area contributed by atoms with E-state index in [2.05, 4.69) is 114 Å². The molecule has 0 aromatic heterocycles. The lowest BCUT2D eigenvalue weighted by molar-refractivity contribution is 0.234. The molecule has 0 saturated heterocycles. The van der Waals surface area contributed by atoms with Crippen LogP contribution in [-0.2, 0) is 9.94 Å². The summed E-state index contributed by atoms with van der Waals surface area (Å²) in [5, 5.41) is 0. The van der Waals surface area contributed by atoms with Gasteiger partial charge in [-0.1, -0.05) is 85.0 Å². The number of allylic oxidation sites excluding steroid dienone is 4. The molecule has 0 saturated carbocycles. The highest BCUT2D eigenvalue weighted by atomic mass is 31.1. The number of fused-ring (bicyclic) bond motifs is 2.